The van der Waals surface area contributed by atoms with E-state index < -0.39 is 5.97 Å². The molecule has 0 radical (unpaired) electrons. The molecule has 100 valence electrons. The first kappa shape index (κ1) is 11.3. The highest BCUT2D eigenvalue weighted by molar-refractivity contribution is 5.71. The molecule has 8 unspecified atom stereocenters. The molecule has 0 aromatic carbocycles. The van der Waals surface area contributed by atoms with E-state index >= 15 is 0 Å². The molecule has 3 nitrogen and oxygen atoms in total. The molecule has 8 atom stereocenters. The average Bonchev–Trinajstić information content (AvgIpc) is 3.05. The molecule has 4 aliphatic rings. The van der Waals surface area contributed by atoms with Crippen LogP contribution in [-0.4, -0.2) is 22.8 Å². The lowest BCUT2D eigenvalue weighted by Gasteiger charge is -2.37. The van der Waals surface area contributed by atoms with E-state index in [1.54, 1.807) is 0 Å². The Morgan fingerprint density at radius 1 is 1.06 bits per heavy atom. The van der Waals surface area contributed by atoms with Crippen molar-refractivity contribution in [1.82, 2.24) is 0 Å². The van der Waals surface area contributed by atoms with E-state index in [1.165, 1.54) is 19.3 Å². The van der Waals surface area contributed by atoms with Crippen molar-refractivity contribution in [3.8, 4) is 0 Å². The fourth-order valence-electron chi connectivity index (χ4n) is 6.64. The molecule has 0 aliphatic heterocycles. The summed E-state index contributed by atoms with van der Waals surface area (Å²) >= 11 is 0. The summed E-state index contributed by atoms with van der Waals surface area (Å²) in [6.07, 6.45) is 5.73. The minimum Gasteiger partial charge on any atom is -0.481 e. The van der Waals surface area contributed by atoms with Gasteiger partial charge in [0.2, 0.25) is 0 Å². The normalized spacial score (nSPS) is 56.1. The molecule has 0 heterocycles. The summed E-state index contributed by atoms with van der Waals surface area (Å²) in [5.41, 5.74) is 0. The molecule has 4 bridgehead atoms. The number of rotatable bonds is 3. The summed E-state index contributed by atoms with van der Waals surface area (Å²) in [5, 5.41) is 18.6. The van der Waals surface area contributed by atoms with Crippen molar-refractivity contribution in [3.63, 3.8) is 0 Å². The topological polar surface area (TPSA) is 57.5 Å². The molecule has 0 aromatic rings. The smallest absolute Gasteiger partial charge is 0.306 e. The van der Waals surface area contributed by atoms with Crippen molar-refractivity contribution in [3.05, 3.63) is 0 Å². The summed E-state index contributed by atoms with van der Waals surface area (Å²) in [7, 11) is 0. The second-order valence-electron chi connectivity index (χ2n) is 7.08. The Balaban J connectivity index is 1.63. The lowest BCUT2D eigenvalue weighted by Crippen LogP contribution is -2.35. The number of carboxylic acids is 1. The maximum absolute atomic E-state index is 11.4. The SMILES string of the molecule is O=C(O)C1CC2CC1C1C3CCC(C3CCO)C21. The summed E-state index contributed by atoms with van der Waals surface area (Å²) in [6.45, 7) is 0.314. The summed E-state index contributed by atoms with van der Waals surface area (Å²) < 4.78 is 0. The highest BCUT2D eigenvalue weighted by atomic mass is 16.4. The van der Waals surface area contributed by atoms with Gasteiger partial charge in [-0.3, -0.25) is 4.79 Å². The van der Waals surface area contributed by atoms with Crippen LogP contribution in [-0.2, 0) is 4.79 Å². The van der Waals surface area contributed by atoms with Gasteiger partial charge in [0.1, 0.15) is 0 Å². The predicted octanol–water partition coefficient (Wildman–Crippen LogP) is 2.00. The average molecular weight is 250 g/mol. The van der Waals surface area contributed by atoms with Gasteiger partial charge >= 0.3 is 5.97 Å². The van der Waals surface area contributed by atoms with Gasteiger partial charge < -0.3 is 10.2 Å². The second-order valence-corrected chi connectivity index (χ2v) is 7.08. The third-order valence-electron chi connectivity index (χ3n) is 6.83. The molecule has 4 saturated carbocycles. The van der Waals surface area contributed by atoms with Gasteiger partial charge in [-0.1, -0.05) is 0 Å². The Labute approximate surface area is 108 Å². The van der Waals surface area contributed by atoms with Crippen LogP contribution in [0.4, 0.5) is 0 Å². The maximum atomic E-state index is 11.4. The number of hydrogen-bond acceptors (Lipinski definition) is 2. The van der Waals surface area contributed by atoms with E-state index in [2.05, 4.69) is 0 Å². The van der Waals surface area contributed by atoms with Crippen molar-refractivity contribution in [2.24, 2.45) is 47.3 Å². The van der Waals surface area contributed by atoms with Crippen LogP contribution in [0, 0.1) is 47.3 Å². The van der Waals surface area contributed by atoms with Crippen molar-refractivity contribution in [2.75, 3.05) is 6.61 Å². The monoisotopic (exact) mass is 250 g/mol. The first-order chi connectivity index (χ1) is 8.72. The molecule has 4 rings (SSSR count). The highest BCUT2D eigenvalue weighted by Crippen LogP contribution is 2.71. The first-order valence-corrected chi connectivity index (χ1v) is 7.56. The van der Waals surface area contributed by atoms with E-state index in [-0.39, 0.29) is 5.92 Å². The van der Waals surface area contributed by atoms with E-state index in [1.807, 2.05) is 0 Å². The van der Waals surface area contributed by atoms with Gasteiger partial charge in [0.25, 0.3) is 0 Å². The molecule has 0 amide bonds. The Bertz CT molecular complexity index is 380. The van der Waals surface area contributed by atoms with Gasteiger partial charge in [-0.2, -0.15) is 0 Å². The minimum atomic E-state index is -0.553. The van der Waals surface area contributed by atoms with Crippen LogP contribution in [0.2, 0.25) is 0 Å². The van der Waals surface area contributed by atoms with Crippen molar-refractivity contribution >= 4 is 5.97 Å². The van der Waals surface area contributed by atoms with Crippen LogP contribution in [0.15, 0.2) is 0 Å². The van der Waals surface area contributed by atoms with Gasteiger partial charge in [0, 0.05) is 6.61 Å². The largest absolute Gasteiger partial charge is 0.481 e. The lowest BCUT2D eigenvalue weighted by atomic mass is 9.67. The zero-order valence-electron chi connectivity index (χ0n) is 10.7. The van der Waals surface area contributed by atoms with Crippen LogP contribution < -0.4 is 0 Å². The van der Waals surface area contributed by atoms with Crippen molar-refractivity contribution in [2.45, 2.75) is 32.1 Å². The van der Waals surface area contributed by atoms with Gasteiger partial charge in [-0.05, 0) is 73.5 Å². The molecule has 4 fully saturated rings. The minimum absolute atomic E-state index is 0.0506. The predicted molar refractivity (Wildman–Crippen MR) is 65.7 cm³/mol. The van der Waals surface area contributed by atoms with Gasteiger partial charge in [-0.15, -0.1) is 0 Å². The molecule has 2 N–H and O–H groups in total. The Morgan fingerprint density at radius 3 is 2.44 bits per heavy atom. The van der Waals surface area contributed by atoms with Gasteiger partial charge in [0.05, 0.1) is 5.92 Å². The molecular weight excluding hydrogens is 228 g/mol. The van der Waals surface area contributed by atoms with Crippen LogP contribution in [0.25, 0.3) is 0 Å². The Morgan fingerprint density at radius 2 is 1.78 bits per heavy atom. The lowest BCUT2D eigenvalue weighted by molar-refractivity contribution is -0.145. The van der Waals surface area contributed by atoms with Gasteiger partial charge in [-0.25, -0.2) is 0 Å². The summed E-state index contributed by atoms with van der Waals surface area (Å²) in [6, 6.07) is 0. The van der Waals surface area contributed by atoms with E-state index in [0.29, 0.717) is 30.3 Å². The maximum Gasteiger partial charge on any atom is 0.306 e. The Hall–Kier alpha value is -0.570. The number of carbonyl (C=O) groups is 1. The quantitative estimate of drug-likeness (QED) is 0.753. The number of carboxylic acid groups (broad SMARTS) is 1. The van der Waals surface area contributed by atoms with Crippen molar-refractivity contribution in [1.29, 1.82) is 0 Å². The number of aliphatic hydroxyl groups is 1. The fourth-order valence-corrected chi connectivity index (χ4v) is 6.64. The number of fused-ring (bicyclic) bond motifs is 9. The summed E-state index contributed by atoms with van der Waals surface area (Å²) in [5.74, 6) is 4.34. The first-order valence-electron chi connectivity index (χ1n) is 7.56. The van der Waals surface area contributed by atoms with Crippen LogP contribution in [0.5, 0.6) is 0 Å². The Kier molecular flexibility index (Phi) is 2.33. The van der Waals surface area contributed by atoms with E-state index in [0.717, 1.165) is 30.6 Å². The molecule has 0 aromatic heterocycles. The second kappa shape index (κ2) is 3.72. The molecule has 3 heteroatoms. The molecule has 0 spiro atoms. The third kappa shape index (κ3) is 1.21. The van der Waals surface area contributed by atoms with Crippen LogP contribution >= 0.6 is 0 Å². The standard InChI is InChI=1S/C15H22O3/c16-4-3-8-9-1-2-10(8)14-11-5-7(13(9)14)6-12(11)15(17)18/h7-14,16H,1-6H2,(H,17,18). The van der Waals surface area contributed by atoms with Crippen molar-refractivity contribution < 1.29 is 15.0 Å². The molecule has 4 aliphatic carbocycles. The summed E-state index contributed by atoms with van der Waals surface area (Å²) in [4.78, 5) is 11.4. The fraction of sp³-hybridized carbons (Fsp3) is 0.933. The number of aliphatic carboxylic acids is 1. The zero-order chi connectivity index (χ0) is 12.4. The van der Waals surface area contributed by atoms with Crippen LogP contribution in [0.1, 0.15) is 32.1 Å². The zero-order valence-corrected chi connectivity index (χ0v) is 10.7. The molecule has 18 heavy (non-hydrogen) atoms. The van der Waals surface area contributed by atoms with Gasteiger partial charge in [0.15, 0.2) is 0 Å². The highest BCUT2D eigenvalue weighted by Gasteiger charge is 2.66. The van der Waals surface area contributed by atoms with E-state index in [9.17, 15) is 15.0 Å². The third-order valence-corrected chi connectivity index (χ3v) is 6.83. The number of aliphatic hydroxyl groups excluding tert-OH is 1. The molecular formula is C15H22O3. The molecule has 0 saturated heterocycles. The number of hydrogen-bond donors (Lipinski definition) is 2. The van der Waals surface area contributed by atoms with E-state index in [4.69, 9.17) is 0 Å². The van der Waals surface area contributed by atoms with Crippen LogP contribution in [0.3, 0.4) is 0 Å².